The molecule has 3 N–H and O–H groups in total. The molecule has 0 spiro atoms. The second-order valence-electron chi connectivity index (χ2n) is 12.0. The van der Waals surface area contributed by atoms with Crippen LogP contribution in [0.25, 0.3) is 5.57 Å². The number of hydrogen-bond donors (Lipinski definition) is 3. The zero-order valence-corrected chi connectivity index (χ0v) is 25.6. The minimum atomic E-state index is -0.966. The van der Waals surface area contributed by atoms with Crippen LogP contribution in [0.4, 0.5) is 4.79 Å². The third-order valence-electron chi connectivity index (χ3n) is 7.88. The first-order valence-electron chi connectivity index (χ1n) is 14.7. The number of halogens is 1. The summed E-state index contributed by atoms with van der Waals surface area (Å²) in [6.45, 7) is 10.7. The summed E-state index contributed by atoms with van der Waals surface area (Å²) in [5.41, 5.74) is 4.93. The number of dihydropyridines is 1. The molecule has 0 saturated carbocycles. The van der Waals surface area contributed by atoms with E-state index in [1.165, 1.54) is 0 Å². The number of urea groups is 1. The highest BCUT2D eigenvalue weighted by Gasteiger charge is 2.31. The summed E-state index contributed by atoms with van der Waals surface area (Å²) in [6.07, 6.45) is 11.8. The number of amides is 2. The lowest BCUT2D eigenvalue weighted by molar-refractivity contribution is 0.0785. The van der Waals surface area contributed by atoms with E-state index in [4.69, 9.17) is 16.3 Å². The molecule has 0 bridgehead atoms. The van der Waals surface area contributed by atoms with E-state index in [9.17, 15) is 9.90 Å². The Balaban J connectivity index is 1.32. The number of hydrogen-bond acceptors (Lipinski definition) is 5. The summed E-state index contributed by atoms with van der Waals surface area (Å²) in [4.78, 5) is 17.6. The lowest BCUT2D eigenvalue weighted by atomic mass is 9.89. The van der Waals surface area contributed by atoms with E-state index >= 15 is 0 Å². The Morgan fingerprint density at radius 2 is 2.05 bits per heavy atom. The molecule has 222 valence electrons. The van der Waals surface area contributed by atoms with E-state index in [2.05, 4.69) is 27.7 Å². The van der Waals surface area contributed by atoms with E-state index in [-0.39, 0.29) is 18.1 Å². The summed E-state index contributed by atoms with van der Waals surface area (Å²) in [7, 11) is 0. The Labute approximate surface area is 254 Å². The van der Waals surface area contributed by atoms with Crippen molar-refractivity contribution in [1.29, 1.82) is 0 Å². The number of nitrogens with zero attached hydrogens (tertiary/aromatic N) is 2. The summed E-state index contributed by atoms with van der Waals surface area (Å²) in [5, 5.41) is 17.8. The Bertz CT molecular complexity index is 1420. The molecule has 1 fully saturated rings. The van der Waals surface area contributed by atoms with Crippen LogP contribution in [0.1, 0.15) is 57.2 Å². The van der Waals surface area contributed by atoms with Gasteiger partial charge in [0.25, 0.3) is 0 Å². The maximum Gasteiger partial charge on any atom is 0.318 e. The molecular weight excluding hydrogens is 548 g/mol. The minimum Gasteiger partial charge on any atom is -0.462 e. The van der Waals surface area contributed by atoms with Gasteiger partial charge in [-0.15, -0.1) is 0 Å². The van der Waals surface area contributed by atoms with Crippen molar-refractivity contribution in [2.45, 2.75) is 64.8 Å². The fourth-order valence-electron chi connectivity index (χ4n) is 5.64. The van der Waals surface area contributed by atoms with E-state index < -0.39 is 5.60 Å². The lowest BCUT2D eigenvalue weighted by Gasteiger charge is -2.30. The van der Waals surface area contributed by atoms with Gasteiger partial charge in [0.05, 0.1) is 11.3 Å². The molecule has 8 heteroatoms. The predicted molar refractivity (Wildman–Crippen MR) is 169 cm³/mol. The van der Waals surface area contributed by atoms with Gasteiger partial charge in [0.1, 0.15) is 12.0 Å². The molecule has 1 saturated heterocycles. The topological polar surface area (TPSA) is 77.1 Å². The van der Waals surface area contributed by atoms with Gasteiger partial charge >= 0.3 is 6.03 Å². The summed E-state index contributed by atoms with van der Waals surface area (Å²) in [6, 6.07) is 13.8. The van der Waals surface area contributed by atoms with Gasteiger partial charge in [-0.1, -0.05) is 42.0 Å². The van der Waals surface area contributed by atoms with Crippen LogP contribution in [0.15, 0.2) is 84.4 Å². The molecule has 2 amide bonds. The van der Waals surface area contributed by atoms with E-state index in [0.29, 0.717) is 11.6 Å². The zero-order valence-electron chi connectivity index (χ0n) is 24.9. The highest BCUT2D eigenvalue weighted by Crippen LogP contribution is 2.40. The van der Waals surface area contributed by atoms with Gasteiger partial charge in [0.2, 0.25) is 0 Å². The maximum atomic E-state index is 13.2. The molecular formula is C34H41ClN4O3. The lowest BCUT2D eigenvalue weighted by Crippen LogP contribution is -2.48. The maximum absolute atomic E-state index is 13.2. The van der Waals surface area contributed by atoms with Crippen LogP contribution in [0.5, 0.6) is 5.75 Å². The molecule has 0 aliphatic carbocycles. The van der Waals surface area contributed by atoms with Gasteiger partial charge < -0.3 is 30.3 Å². The fraction of sp³-hybridized carbons (Fsp3) is 0.382. The predicted octanol–water partition coefficient (Wildman–Crippen LogP) is 6.31. The molecule has 1 atom stereocenters. The molecule has 3 heterocycles. The third kappa shape index (κ3) is 7.09. The van der Waals surface area contributed by atoms with Crippen LogP contribution in [-0.4, -0.2) is 52.7 Å². The van der Waals surface area contributed by atoms with E-state index in [1.807, 2.05) is 73.5 Å². The van der Waals surface area contributed by atoms with Crippen LogP contribution in [0.2, 0.25) is 5.02 Å². The van der Waals surface area contributed by atoms with Crippen molar-refractivity contribution < 1.29 is 14.6 Å². The number of fused-ring (bicyclic) bond motifs is 2. The Morgan fingerprint density at radius 1 is 1.26 bits per heavy atom. The smallest absolute Gasteiger partial charge is 0.318 e. The number of ether oxygens (including phenoxy) is 1. The van der Waals surface area contributed by atoms with Crippen LogP contribution in [0.3, 0.4) is 0 Å². The normalized spacial score (nSPS) is 19.3. The first kappa shape index (κ1) is 30.0. The fourth-order valence-corrected chi connectivity index (χ4v) is 5.76. The van der Waals surface area contributed by atoms with Crippen molar-refractivity contribution in [2.24, 2.45) is 0 Å². The first-order chi connectivity index (χ1) is 20.1. The van der Waals surface area contributed by atoms with Gasteiger partial charge in [-0.3, -0.25) is 0 Å². The van der Waals surface area contributed by atoms with E-state index in [0.717, 1.165) is 71.8 Å². The van der Waals surface area contributed by atoms with Crippen molar-refractivity contribution >= 4 is 23.2 Å². The molecule has 2 aromatic carbocycles. The quantitative estimate of drug-likeness (QED) is 0.337. The third-order valence-corrected chi connectivity index (χ3v) is 8.13. The van der Waals surface area contributed by atoms with Gasteiger partial charge in [-0.05, 0) is 87.6 Å². The van der Waals surface area contributed by atoms with Crippen molar-refractivity contribution in [3.8, 4) is 5.75 Å². The first-order valence-corrected chi connectivity index (χ1v) is 15.1. The highest BCUT2D eigenvalue weighted by molar-refractivity contribution is 6.30. The minimum absolute atomic E-state index is 0.0318. The summed E-state index contributed by atoms with van der Waals surface area (Å²) >= 11 is 6.10. The van der Waals surface area contributed by atoms with Crippen LogP contribution in [0, 0.1) is 0 Å². The van der Waals surface area contributed by atoms with Crippen LogP contribution in [-0.2, 0) is 12.1 Å². The van der Waals surface area contributed by atoms with Crippen molar-refractivity contribution in [1.82, 2.24) is 20.4 Å². The Kier molecular flexibility index (Phi) is 9.11. The number of nitrogens with one attached hydrogen (secondary N) is 2. The average Bonchev–Trinajstić information content (AvgIpc) is 3.35. The van der Waals surface area contributed by atoms with Crippen molar-refractivity contribution in [2.75, 3.05) is 19.6 Å². The number of allylic oxidation sites excluding steroid dienone is 3. The van der Waals surface area contributed by atoms with Crippen LogP contribution >= 0.6 is 11.6 Å². The zero-order chi connectivity index (χ0) is 29.9. The second-order valence-corrected chi connectivity index (χ2v) is 12.4. The number of carbonyl (C=O) groups is 1. The Morgan fingerprint density at radius 3 is 2.79 bits per heavy atom. The largest absolute Gasteiger partial charge is 0.462 e. The SMILES string of the molecule is CC(C)NC(=O)N(Cc1ccc(Cl)cc1)C1CCN(CC/C=C2/C3=CC=CNC3=COc3ccc(C(C)(C)O)cc32)C1. The molecule has 7 nitrogen and oxygen atoms in total. The number of rotatable bonds is 8. The van der Waals surface area contributed by atoms with Crippen molar-refractivity contribution in [3.63, 3.8) is 0 Å². The highest BCUT2D eigenvalue weighted by atomic mass is 35.5. The van der Waals surface area contributed by atoms with Crippen molar-refractivity contribution in [3.05, 3.63) is 106 Å². The molecule has 42 heavy (non-hydrogen) atoms. The monoisotopic (exact) mass is 588 g/mol. The number of benzene rings is 2. The second kappa shape index (κ2) is 12.8. The van der Waals surface area contributed by atoms with Gasteiger partial charge in [0.15, 0.2) is 0 Å². The number of carbonyl (C=O) groups excluding carboxylic acids is 1. The molecule has 3 aliphatic heterocycles. The number of likely N-dealkylation sites (tertiary alicyclic amines) is 1. The average molecular weight is 589 g/mol. The number of aliphatic hydroxyl groups is 1. The molecule has 5 rings (SSSR count). The standard InChI is InChI=1S/C34H41ClN4O3/c1-23(2)37-33(40)39(20-24-9-12-26(35)13-10-24)27-15-18-38(21-27)17-6-8-28-29-7-5-16-36-31(29)22-42-32-14-11-25(19-30(28)32)34(3,4)41/h5,7-14,16,19,22-23,27,36,41H,6,15,17-18,20-21H2,1-4H3,(H,37,40)/b28-8-. The van der Waals surface area contributed by atoms with Gasteiger partial charge in [-0.25, -0.2) is 4.79 Å². The van der Waals surface area contributed by atoms with Gasteiger partial charge in [0, 0.05) is 60.6 Å². The summed E-state index contributed by atoms with van der Waals surface area (Å²) in [5.74, 6) is 0.758. The van der Waals surface area contributed by atoms with Crippen LogP contribution < -0.4 is 15.4 Å². The van der Waals surface area contributed by atoms with E-state index in [1.54, 1.807) is 20.1 Å². The summed E-state index contributed by atoms with van der Waals surface area (Å²) < 4.78 is 6.06. The molecule has 2 aromatic rings. The molecule has 0 aromatic heterocycles. The Hall–Kier alpha value is -3.52. The van der Waals surface area contributed by atoms with Gasteiger partial charge in [-0.2, -0.15) is 0 Å². The molecule has 1 unspecified atom stereocenters. The molecule has 3 aliphatic rings. The molecule has 0 radical (unpaired) electrons.